The molecule has 4 rings (SSSR count). The summed E-state index contributed by atoms with van der Waals surface area (Å²) in [5.74, 6) is -0.767. The molecule has 25 heavy (non-hydrogen) atoms. The van der Waals surface area contributed by atoms with Gasteiger partial charge in [-0.3, -0.25) is 9.59 Å². The molecule has 3 heteroatoms. The normalized spacial score (nSPS) is 19.0. The Labute approximate surface area is 145 Å². The van der Waals surface area contributed by atoms with Gasteiger partial charge in [0.1, 0.15) is 17.8 Å². The third-order valence-corrected chi connectivity index (χ3v) is 4.46. The smallest absolute Gasteiger partial charge is 0.181 e. The molecule has 122 valence electrons. The summed E-state index contributed by atoms with van der Waals surface area (Å²) in [5.41, 5.74) is 1.80. The Morgan fingerprint density at radius 1 is 0.760 bits per heavy atom. The monoisotopic (exact) mass is 328 g/mol. The first-order valence-corrected chi connectivity index (χ1v) is 8.20. The highest BCUT2D eigenvalue weighted by Crippen LogP contribution is 2.40. The summed E-state index contributed by atoms with van der Waals surface area (Å²) in [6.45, 7) is 0. The van der Waals surface area contributed by atoms with E-state index in [1.54, 1.807) is 42.5 Å². The molecule has 0 saturated heterocycles. The molecule has 1 aliphatic rings. The van der Waals surface area contributed by atoms with Gasteiger partial charge >= 0.3 is 0 Å². The zero-order chi connectivity index (χ0) is 17.2. The summed E-state index contributed by atoms with van der Waals surface area (Å²) in [4.78, 5) is 26.2. The Morgan fingerprint density at radius 2 is 1.36 bits per heavy atom. The number of rotatable bonds is 3. The first-order chi connectivity index (χ1) is 12.3. The highest BCUT2D eigenvalue weighted by atomic mass is 16.5. The molecule has 0 fully saturated rings. The average Bonchev–Trinajstić information content (AvgIpc) is 2.69. The summed E-state index contributed by atoms with van der Waals surface area (Å²) >= 11 is 0. The summed E-state index contributed by atoms with van der Waals surface area (Å²) in [6, 6.07) is 25.4. The van der Waals surface area contributed by atoms with Gasteiger partial charge in [-0.1, -0.05) is 72.8 Å². The molecule has 0 N–H and O–H groups in total. The molecule has 3 aromatic rings. The fourth-order valence-corrected chi connectivity index (χ4v) is 3.22. The van der Waals surface area contributed by atoms with Crippen molar-refractivity contribution in [2.75, 3.05) is 0 Å². The predicted molar refractivity (Wildman–Crippen MR) is 94.8 cm³/mol. The van der Waals surface area contributed by atoms with E-state index in [1.807, 2.05) is 42.5 Å². The molecule has 0 aromatic heterocycles. The molecular weight excluding hydrogens is 312 g/mol. The maximum atomic E-state index is 13.1. The number of hydrogen-bond acceptors (Lipinski definition) is 3. The molecule has 1 aliphatic heterocycles. The van der Waals surface area contributed by atoms with Crippen LogP contribution in [0, 0.1) is 5.92 Å². The lowest BCUT2D eigenvalue weighted by atomic mass is 9.81. The van der Waals surface area contributed by atoms with Crippen molar-refractivity contribution < 1.29 is 14.3 Å². The Morgan fingerprint density at radius 3 is 2.08 bits per heavy atom. The van der Waals surface area contributed by atoms with Crippen molar-refractivity contribution >= 4 is 11.6 Å². The lowest BCUT2D eigenvalue weighted by Gasteiger charge is -2.32. The molecule has 3 aromatic carbocycles. The topological polar surface area (TPSA) is 43.4 Å². The Bertz CT molecular complexity index is 916. The molecule has 0 spiro atoms. The van der Waals surface area contributed by atoms with Gasteiger partial charge in [0.2, 0.25) is 0 Å². The van der Waals surface area contributed by atoms with E-state index in [4.69, 9.17) is 4.74 Å². The fraction of sp³-hybridized carbons (Fsp3) is 0.0909. The molecule has 2 unspecified atom stereocenters. The van der Waals surface area contributed by atoms with Crippen molar-refractivity contribution in [3.8, 4) is 5.75 Å². The highest BCUT2D eigenvalue weighted by molar-refractivity contribution is 6.18. The lowest BCUT2D eigenvalue weighted by molar-refractivity contribution is 0.0570. The van der Waals surface area contributed by atoms with E-state index in [1.165, 1.54) is 0 Å². The van der Waals surface area contributed by atoms with Gasteiger partial charge in [0, 0.05) is 5.56 Å². The van der Waals surface area contributed by atoms with Gasteiger partial charge in [0.25, 0.3) is 0 Å². The van der Waals surface area contributed by atoms with Crippen LogP contribution in [-0.4, -0.2) is 11.6 Å². The number of ether oxygens (including phenoxy) is 1. The van der Waals surface area contributed by atoms with Crippen LogP contribution in [0.25, 0.3) is 0 Å². The first kappa shape index (κ1) is 15.3. The second-order valence-electron chi connectivity index (χ2n) is 6.02. The number of fused-ring (bicyclic) bond motifs is 1. The van der Waals surface area contributed by atoms with E-state index in [9.17, 15) is 9.59 Å². The van der Waals surface area contributed by atoms with E-state index in [2.05, 4.69) is 0 Å². The summed E-state index contributed by atoms with van der Waals surface area (Å²) in [7, 11) is 0. The van der Waals surface area contributed by atoms with Gasteiger partial charge in [-0.05, 0) is 17.7 Å². The van der Waals surface area contributed by atoms with Gasteiger partial charge in [0.15, 0.2) is 11.6 Å². The van der Waals surface area contributed by atoms with Crippen LogP contribution in [0.3, 0.4) is 0 Å². The Kier molecular flexibility index (Phi) is 3.90. The van der Waals surface area contributed by atoms with Gasteiger partial charge in [-0.2, -0.15) is 0 Å². The van der Waals surface area contributed by atoms with Gasteiger partial charge < -0.3 is 4.74 Å². The van der Waals surface area contributed by atoms with Crippen molar-refractivity contribution in [3.63, 3.8) is 0 Å². The van der Waals surface area contributed by atoms with E-state index in [-0.39, 0.29) is 11.6 Å². The largest absolute Gasteiger partial charge is 0.484 e. The van der Waals surface area contributed by atoms with Crippen LogP contribution < -0.4 is 4.74 Å². The number of benzene rings is 3. The Hall–Kier alpha value is -3.20. The fourth-order valence-electron chi connectivity index (χ4n) is 3.22. The minimum absolute atomic E-state index is 0.190. The van der Waals surface area contributed by atoms with Gasteiger partial charge in [-0.15, -0.1) is 0 Å². The minimum atomic E-state index is -0.889. The molecule has 2 atom stereocenters. The number of ketones is 2. The van der Waals surface area contributed by atoms with Crippen LogP contribution in [0.4, 0.5) is 0 Å². The van der Waals surface area contributed by atoms with E-state index >= 15 is 0 Å². The van der Waals surface area contributed by atoms with Crippen LogP contribution in [0.1, 0.15) is 32.4 Å². The standard InChI is InChI=1S/C22H16O3/c23-20(15-9-3-1-4-10-15)19-21(24)17-13-7-8-14-18(17)25-22(19)16-11-5-2-6-12-16/h1-14,19,22H. The first-order valence-electron chi connectivity index (χ1n) is 8.20. The van der Waals surface area contributed by atoms with Crippen LogP contribution in [0.2, 0.25) is 0 Å². The van der Waals surface area contributed by atoms with Gasteiger partial charge in [0.05, 0.1) is 5.56 Å². The van der Waals surface area contributed by atoms with E-state index in [0.717, 1.165) is 5.56 Å². The second kappa shape index (κ2) is 6.36. The highest BCUT2D eigenvalue weighted by Gasteiger charge is 2.42. The summed E-state index contributed by atoms with van der Waals surface area (Å²) in [5, 5.41) is 0. The number of Topliss-reactive ketones (excluding diaryl/α,β-unsaturated/α-hetero) is 2. The number of hydrogen-bond donors (Lipinski definition) is 0. The predicted octanol–water partition coefficient (Wildman–Crippen LogP) is 4.50. The van der Waals surface area contributed by atoms with Crippen molar-refractivity contribution in [2.24, 2.45) is 5.92 Å². The molecule has 0 radical (unpaired) electrons. The molecule has 0 saturated carbocycles. The molecule has 0 bridgehead atoms. The van der Waals surface area contributed by atoms with Gasteiger partial charge in [-0.25, -0.2) is 0 Å². The van der Waals surface area contributed by atoms with Crippen molar-refractivity contribution in [1.29, 1.82) is 0 Å². The third kappa shape index (κ3) is 2.74. The summed E-state index contributed by atoms with van der Waals surface area (Å²) < 4.78 is 6.10. The van der Waals surface area contributed by atoms with Crippen LogP contribution in [0.5, 0.6) is 5.75 Å². The average molecular weight is 328 g/mol. The summed E-state index contributed by atoms with van der Waals surface area (Å²) in [6.07, 6.45) is -0.628. The lowest BCUT2D eigenvalue weighted by Crippen LogP contribution is -2.37. The van der Waals surface area contributed by atoms with E-state index < -0.39 is 12.0 Å². The van der Waals surface area contributed by atoms with Crippen molar-refractivity contribution in [3.05, 3.63) is 102 Å². The maximum Gasteiger partial charge on any atom is 0.181 e. The number of carbonyl (C=O) groups is 2. The SMILES string of the molecule is O=C(c1ccccc1)C1C(=O)c2ccccc2OC1c1ccccc1. The quantitative estimate of drug-likeness (QED) is 0.525. The Balaban J connectivity index is 1.83. The molecule has 1 heterocycles. The molecular formula is C22H16O3. The maximum absolute atomic E-state index is 13.1. The van der Waals surface area contributed by atoms with Crippen molar-refractivity contribution in [2.45, 2.75) is 6.10 Å². The molecule has 3 nitrogen and oxygen atoms in total. The second-order valence-corrected chi connectivity index (χ2v) is 6.02. The zero-order valence-corrected chi connectivity index (χ0v) is 13.5. The number of carbonyl (C=O) groups excluding carboxylic acids is 2. The van der Waals surface area contributed by atoms with Crippen LogP contribution in [0.15, 0.2) is 84.9 Å². The molecule has 0 amide bonds. The third-order valence-electron chi connectivity index (χ3n) is 4.46. The molecule has 0 aliphatic carbocycles. The van der Waals surface area contributed by atoms with Crippen molar-refractivity contribution in [1.82, 2.24) is 0 Å². The van der Waals surface area contributed by atoms with Crippen LogP contribution >= 0.6 is 0 Å². The van der Waals surface area contributed by atoms with E-state index in [0.29, 0.717) is 16.9 Å². The minimum Gasteiger partial charge on any atom is -0.484 e. The zero-order valence-electron chi connectivity index (χ0n) is 13.5. The number of para-hydroxylation sites is 1. The van der Waals surface area contributed by atoms with Crippen LogP contribution in [-0.2, 0) is 0 Å².